The van der Waals surface area contributed by atoms with Crippen LogP contribution in [-0.4, -0.2) is 183 Å². The molecule has 10 atom stereocenters. The molecule has 13 rings (SSSR count). The predicted octanol–water partition coefficient (Wildman–Crippen LogP) is 1.00. The maximum absolute atomic E-state index is 13.8. The monoisotopic (exact) mass is 1880 g/mol. The van der Waals surface area contributed by atoms with E-state index >= 15 is 0 Å². The van der Waals surface area contributed by atoms with Crippen LogP contribution < -0.4 is 69.4 Å². The Morgan fingerprint density at radius 2 is 0.956 bits per heavy atom. The number of carbonyl (C=O) groups is 17. The summed E-state index contributed by atoms with van der Waals surface area (Å²) in [7, 11) is 0. The number of nitrogens with one attached hydrogen (secondary N) is 7. The molecule has 10 N–H and O–H groups in total. The molecular weight excluding hydrogens is 1780 g/mol. The van der Waals surface area contributed by atoms with Crippen LogP contribution in [0.3, 0.4) is 0 Å². The zero-order valence-corrected chi connectivity index (χ0v) is 75.0. The summed E-state index contributed by atoms with van der Waals surface area (Å²) in [4.78, 5) is 246. The first-order valence-corrected chi connectivity index (χ1v) is 44.6. The fourth-order valence-electron chi connectivity index (χ4n) is 16.9. The lowest BCUT2D eigenvalue weighted by molar-refractivity contribution is -0.315. The Kier molecular flexibility index (Phi) is 34.9. The number of nitrogens with two attached hydrogens (primary N) is 1. The molecule has 3 fully saturated rings. The number of carboxylic acid groups (broad SMARTS) is 4. The van der Waals surface area contributed by atoms with Crippen molar-refractivity contribution in [1.82, 2.24) is 56.3 Å². The molecule has 1 saturated heterocycles. The number of rotatable bonds is 38. The van der Waals surface area contributed by atoms with Gasteiger partial charge in [0.15, 0.2) is 0 Å². The lowest BCUT2D eigenvalue weighted by Crippen LogP contribution is -2.49. The number of para-hydroxylation sites is 2. The molecule has 726 valence electrons. The van der Waals surface area contributed by atoms with Gasteiger partial charge in [-0.05, 0) is 120 Å². The van der Waals surface area contributed by atoms with Gasteiger partial charge in [-0.1, -0.05) is 110 Å². The predicted molar refractivity (Wildman–Crippen MR) is 459 cm³/mol. The lowest BCUT2D eigenvalue weighted by Gasteiger charge is -2.35. The van der Waals surface area contributed by atoms with Crippen molar-refractivity contribution in [2.75, 3.05) is 39.3 Å². The van der Waals surface area contributed by atoms with Gasteiger partial charge in [0, 0.05) is 92.6 Å². The number of carboxylic acids is 4. The maximum Gasteiger partial charge on any atom is 0.471 e. The number of nitrogens with zero attached hydrogens (tertiary/aromatic N) is 4. The molecule has 6 aromatic rings. The molecular formula is C92H106F3N12O28-3. The first kappa shape index (κ1) is 103. The minimum atomic E-state index is -5.18. The van der Waals surface area contributed by atoms with Gasteiger partial charge in [0.25, 0.3) is 11.1 Å². The van der Waals surface area contributed by atoms with Crippen molar-refractivity contribution in [2.24, 2.45) is 53.1 Å². The van der Waals surface area contributed by atoms with Gasteiger partial charge in [0.05, 0.1) is 102 Å². The number of ether oxygens (including phenoxy) is 5. The molecule has 0 spiro atoms. The summed E-state index contributed by atoms with van der Waals surface area (Å²) in [6.07, 6.45) is 1.63. The van der Waals surface area contributed by atoms with E-state index in [0.717, 1.165) is 41.2 Å². The molecule has 5 aliphatic heterocycles. The Morgan fingerprint density at radius 1 is 0.541 bits per heavy atom. The SMILES string of the molecule is CCCC(C(=O)[O-])C(CCCC(C(=O)[O-])C(CCCC(C(=O)[O-])C(C)C(=O)NCC(=O)NCC(=O)NCC(=O)O[C@]1(CC)C(=O)OCc2c1cc1n(c2=O)Cc2cc3ccccc3nc2-1)C(=O)NC1CCC1)C(=O)O.CCCC1C(=O)OC(=O)C1C.CC[C@@]1(OC(=O)CNC(=O)CNC(=O)CNC(=O)C(F)(F)F)C(=O)OCc2c1cc1n(c2=O)Cc2cc3ccccc3nc2-1.NC1CCC1. The standard InChI is InChI=1S/C52H64N6O17.C28H24F3N5O8.C8H12O3.C4H9N/c1-4-11-33(48(67)68)35(50(71)72)18-10-17-34(49(69)70)32(45(63)56-30-13-8-14-30)16-9-15-31(47(65)66)27(3)44(62)55-23-41(60)53-22-40(59)54-24-42(61)75-52(5-2)37-21-39-43-29(20-28-12-6-7-19-38(28)57-43)25-58(39)46(64)36(37)26-74-51(52)73;1-2-27(44-22(39)11-33-20(37)9-32-21(38)10-34-25(41)28(29,30)31)17-8-19-23-15(7-14-5-3-4-6-18(14)35-23)12-36(19)24(40)16(17)13-43-26(27)42;1-3-4-6-5(2)7(9)11-8(6)10;5-4-2-1-3-4/h6-7,12,19-21,27,30-35H,4-5,8-11,13-18,22-26H2,1-3H3,(H,53,60)(H,54,59)(H,55,62)(H,56,63)(H,65,66)(H,67,68)(H,69,70)(H,71,72);3-8H,2,9-13H2,1H3,(H,32,38)(H,33,37)(H,34,41);5-6H,3-4H2,1-2H3;4H,1-3,5H2/p-3/t27?,31?,32?,33?,34?,35?,52-;27-;;/m00../s1. The van der Waals surface area contributed by atoms with Crippen LogP contribution in [0.25, 0.3) is 44.6 Å². The molecule has 0 radical (unpaired) electrons. The number of benzene rings is 2. The fourth-order valence-corrected chi connectivity index (χ4v) is 16.9. The Hall–Kier alpha value is -13.9. The van der Waals surface area contributed by atoms with Gasteiger partial charge in [0.1, 0.15) is 26.3 Å². The Bertz CT molecular complexity index is 5730. The van der Waals surface area contributed by atoms with Crippen molar-refractivity contribution in [3.05, 3.63) is 127 Å². The highest BCUT2D eigenvalue weighted by Gasteiger charge is 2.53. The van der Waals surface area contributed by atoms with Gasteiger partial charge < -0.3 is 111 Å². The van der Waals surface area contributed by atoms with Crippen LogP contribution in [0, 0.1) is 47.3 Å². The van der Waals surface area contributed by atoms with Gasteiger partial charge in [-0.2, -0.15) is 13.2 Å². The first-order valence-electron chi connectivity index (χ1n) is 44.6. The number of esters is 6. The lowest BCUT2D eigenvalue weighted by atomic mass is 9.79. The zero-order chi connectivity index (χ0) is 98.7. The topological polar surface area (TPSA) is 606 Å². The summed E-state index contributed by atoms with van der Waals surface area (Å²) in [6, 6.07) is 22.3. The van der Waals surface area contributed by atoms with E-state index in [4.69, 9.17) is 34.6 Å². The fraction of sp³-hybridized carbons (Fsp3) is 0.511. The summed E-state index contributed by atoms with van der Waals surface area (Å²) in [5, 5.41) is 63.1. The van der Waals surface area contributed by atoms with E-state index in [9.17, 15) is 125 Å². The Labute approximate surface area is 769 Å². The van der Waals surface area contributed by atoms with Gasteiger partial charge >= 0.3 is 53.9 Å². The molecule has 8 unspecified atom stereocenters. The summed E-state index contributed by atoms with van der Waals surface area (Å²) < 4.78 is 66.0. The molecule has 2 aromatic carbocycles. The Morgan fingerprint density at radius 3 is 1.35 bits per heavy atom. The van der Waals surface area contributed by atoms with Crippen molar-refractivity contribution in [3.8, 4) is 22.8 Å². The number of aliphatic carboxylic acids is 4. The van der Waals surface area contributed by atoms with Crippen LogP contribution in [0.1, 0.15) is 190 Å². The number of hydrogen-bond acceptors (Lipinski definition) is 30. The van der Waals surface area contributed by atoms with Crippen LogP contribution >= 0.6 is 0 Å². The number of hydrogen-bond donors (Lipinski definition) is 9. The van der Waals surface area contributed by atoms with Crippen molar-refractivity contribution < 1.29 is 139 Å². The smallest absolute Gasteiger partial charge is 0.471 e. The van der Waals surface area contributed by atoms with Gasteiger partial charge in [-0.25, -0.2) is 19.6 Å². The average molecular weight is 1880 g/mol. The third-order valence-electron chi connectivity index (χ3n) is 25.1. The second kappa shape index (κ2) is 45.7. The van der Waals surface area contributed by atoms with E-state index in [2.05, 4.69) is 31.3 Å². The van der Waals surface area contributed by atoms with Crippen LogP contribution in [-0.2, 0) is 143 Å². The second-order valence-corrected chi connectivity index (χ2v) is 34.0. The van der Waals surface area contributed by atoms with Gasteiger partial charge in [-0.15, -0.1) is 0 Å². The summed E-state index contributed by atoms with van der Waals surface area (Å²) in [5.41, 5.74) is 5.89. The highest BCUT2D eigenvalue weighted by Crippen LogP contribution is 2.44. The van der Waals surface area contributed by atoms with E-state index in [-0.39, 0.29) is 136 Å². The molecule has 135 heavy (non-hydrogen) atoms. The maximum atomic E-state index is 13.8. The number of fused-ring (bicyclic) bond motifs is 10. The number of halogens is 3. The van der Waals surface area contributed by atoms with Gasteiger partial charge in [-0.3, -0.25) is 67.1 Å². The third kappa shape index (κ3) is 24.8. The van der Waals surface area contributed by atoms with Crippen LogP contribution in [0.15, 0.2) is 82.4 Å². The molecule has 7 amide bonds. The molecule has 2 aliphatic carbocycles. The largest absolute Gasteiger partial charge is 0.550 e. The number of aromatic nitrogens is 4. The minimum absolute atomic E-state index is 0.0294. The summed E-state index contributed by atoms with van der Waals surface area (Å²) in [5.74, 6) is -27.0. The van der Waals surface area contributed by atoms with Gasteiger partial charge in [0.2, 0.25) is 46.6 Å². The zero-order valence-electron chi connectivity index (χ0n) is 75.0. The van der Waals surface area contributed by atoms with E-state index in [1.165, 1.54) is 40.6 Å². The number of pyridine rings is 4. The molecule has 2 saturated carbocycles. The molecule has 43 heteroatoms. The van der Waals surface area contributed by atoms with E-state index < -0.39 is 192 Å². The molecule has 9 heterocycles. The van der Waals surface area contributed by atoms with Crippen molar-refractivity contribution in [3.63, 3.8) is 0 Å². The normalized spacial score (nSPS) is 18.9. The van der Waals surface area contributed by atoms with Crippen LogP contribution in [0.2, 0.25) is 0 Å². The molecule has 40 nitrogen and oxygen atoms in total. The van der Waals surface area contributed by atoms with Crippen molar-refractivity contribution in [2.45, 2.75) is 213 Å². The highest BCUT2D eigenvalue weighted by molar-refractivity contribution is 5.97. The molecule has 4 aromatic heterocycles. The Balaban J connectivity index is 0.000000260. The number of cyclic esters (lactones) is 4. The molecule has 0 bridgehead atoms. The summed E-state index contributed by atoms with van der Waals surface area (Å²) >= 11 is 0. The highest BCUT2D eigenvalue weighted by atomic mass is 19.4. The number of carbonyl (C=O) groups excluding carboxylic acids is 16. The average Bonchev–Trinajstić information content (AvgIpc) is 1.55. The van der Waals surface area contributed by atoms with E-state index in [0.29, 0.717) is 59.1 Å². The quantitative estimate of drug-likeness (QED) is 0.0148. The van der Waals surface area contributed by atoms with E-state index in [1.54, 1.807) is 39.8 Å². The van der Waals surface area contributed by atoms with Crippen molar-refractivity contribution in [1.29, 1.82) is 0 Å². The van der Waals surface area contributed by atoms with Crippen LogP contribution in [0.4, 0.5) is 13.2 Å². The van der Waals surface area contributed by atoms with E-state index in [1.807, 2.05) is 72.9 Å². The number of amides is 7. The second-order valence-electron chi connectivity index (χ2n) is 34.0. The number of alkyl halides is 3. The first-order chi connectivity index (χ1) is 64.1. The van der Waals surface area contributed by atoms with Crippen molar-refractivity contribution >= 4 is 123 Å². The molecule has 7 aliphatic rings. The van der Waals surface area contributed by atoms with Crippen LogP contribution in [0.5, 0.6) is 0 Å². The minimum Gasteiger partial charge on any atom is -0.550 e. The summed E-state index contributed by atoms with van der Waals surface area (Å²) in [6.45, 7) is 4.89. The third-order valence-corrected chi connectivity index (χ3v) is 25.1.